The molecular weight excluding hydrogens is 449 g/mol. The standard InChI is InChI=1S/C24H21F3N4O3/c25-17-8-14(9-18(26)22(17)34-16-3-6-28-19(10-16)24(27)4-5-24)13-33-20-11-21-30-7-1-2-15(30)12-31(21)23(32)29-20/h3,6,8-11,15H,1-2,4-5,7,12-13H2. The van der Waals surface area contributed by atoms with Crippen LogP contribution in [0.5, 0.6) is 17.4 Å². The maximum Gasteiger partial charge on any atom is 0.352 e. The highest BCUT2D eigenvalue weighted by atomic mass is 19.1. The van der Waals surface area contributed by atoms with Gasteiger partial charge in [0, 0.05) is 37.5 Å². The third kappa shape index (κ3) is 3.66. The molecule has 7 nitrogen and oxygen atoms in total. The molecule has 3 aromatic rings. The van der Waals surface area contributed by atoms with Gasteiger partial charge in [0.25, 0.3) is 0 Å². The summed E-state index contributed by atoms with van der Waals surface area (Å²) >= 11 is 0. The number of alkyl halides is 1. The minimum Gasteiger partial charge on any atom is -0.473 e. The molecule has 0 radical (unpaired) electrons. The lowest BCUT2D eigenvalue weighted by Gasteiger charge is -2.17. The quantitative estimate of drug-likeness (QED) is 0.537. The van der Waals surface area contributed by atoms with Crippen LogP contribution in [0.25, 0.3) is 0 Å². The van der Waals surface area contributed by atoms with Crippen molar-refractivity contribution in [2.24, 2.45) is 0 Å². The molecular formula is C24H21F3N4O3. The van der Waals surface area contributed by atoms with E-state index in [1.807, 2.05) is 0 Å². The second kappa shape index (κ2) is 7.75. The number of aromatic nitrogens is 3. The highest BCUT2D eigenvalue weighted by Crippen LogP contribution is 2.49. The molecule has 1 atom stereocenters. The van der Waals surface area contributed by atoms with E-state index in [0.29, 0.717) is 25.4 Å². The minimum atomic E-state index is -1.48. The molecule has 0 bridgehead atoms. The van der Waals surface area contributed by atoms with Gasteiger partial charge in [-0.15, -0.1) is 0 Å². The molecule has 2 aliphatic heterocycles. The molecule has 1 saturated heterocycles. The Morgan fingerprint density at radius 2 is 1.94 bits per heavy atom. The molecule has 1 unspecified atom stereocenters. The first-order valence-electron chi connectivity index (χ1n) is 11.2. The van der Waals surface area contributed by atoms with Crippen LogP contribution in [0.4, 0.5) is 19.0 Å². The number of rotatable bonds is 6. The Morgan fingerprint density at radius 3 is 2.71 bits per heavy atom. The summed E-state index contributed by atoms with van der Waals surface area (Å²) in [6, 6.07) is 6.94. The molecule has 0 N–H and O–H groups in total. The van der Waals surface area contributed by atoms with Crippen LogP contribution < -0.4 is 20.1 Å². The van der Waals surface area contributed by atoms with Gasteiger partial charge in [0.2, 0.25) is 5.88 Å². The molecule has 2 fully saturated rings. The summed E-state index contributed by atoms with van der Waals surface area (Å²) in [7, 11) is 0. The number of hydrogen-bond acceptors (Lipinski definition) is 6. The number of benzene rings is 1. The molecule has 0 spiro atoms. The van der Waals surface area contributed by atoms with Gasteiger partial charge >= 0.3 is 5.69 Å². The fourth-order valence-corrected chi connectivity index (χ4v) is 4.65. The molecule has 10 heteroatoms. The molecule has 1 aliphatic carbocycles. The molecule has 1 saturated carbocycles. The Labute approximate surface area is 192 Å². The maximum absolute atomic E-state index is 14.7. The zero-order valence-corrected chi connectivity index (χ0v) is 18.1. The van der Waals surface area contributed by atoms with Gasteiger partial charge in [-0.05, 0) is 49.4 Å². The van der Waals surface area contributed by atoms with E-state index in [0.717, 1.165) is 37.3 Å². The fourth-order valence-electron chi connectivity index (χ4n) is 4.65. The molecule has 176 valence electrons. The topological polar surface area (TPSA) is 69.5 Å². The van der Waals surface area contributed by atoms with Crippen LogP contribution in [0.3, 0.4) is 0 Å². The number of pyridine rings is 1. The molecule has 2 aromatic heterocycles. The summed E-state index contributed by atoms with van der Waals surface area (Å²) in [5.74, 6) is -1.50. The van der Waals surface area contributed by atoms with Crippen LogP contribution in [-0.2, 0) is 18.8 Å². The fraction of sp³-hybridized carbons (Fsp3) is 0.375. The van der Waals surface area contributed by atoms with Gasteiger partial charge in [0.15, 0.2) is 23.1 Å². The summed E-state index contributed by atoms with van der Waals surface area (Å²) in [5, 5.41) is 0. The highest BCUT2D eigenvalue weighted by molar-refractivity contribution is 5.48. The lowest BCUT2D eigenvalue weighted by Crippen LogP contribution is -2.24. The lowest BCUT2D eigenvalue weighted by molar-refractivity contribution is 0.289. The third-order valence-electron chi connectivity index (χ3n) is 6.57. The summed E-state index contributed by atoms with van der Waals surface area (Å²) in [6.07, 6.45) is 4.18. The van der Waals surface area contributed by atoms with E-state index in [-0.39, 0.29) is 29.5 Å². The Bertz CT molecular complexity index is 1320. The number of fused-ring (bicyclic) bond motifs is 3. The van der Waals surface area contributed by atoms with Crippen molar-refractivity contribution in [3.63, 3.8) is 0 Å². The minimum absolute atomic E-state index is 0.0961. The van der Waals surface area contributed by atoms with Crippen molar-refractivity contribution in [3.05, 3.63) is 69.9 Å². The summed E-state index contributed by atoms with van der Waals surface area (Å²) < 4.78 is 56.2. The van der Waals surface area contributed by atoms with Crippen molar-refractivity contribution in [2.75, 3.05) is 11.4 Å². The van der Waals surface area contributed by atoms with Crippen molar-refractivity contribution in [1.29, 1.82) is 0 Å². The second-order valence-electron chi connectivity index (χ2n) is 8.96. The Kier molecular flexibility index (Phi) is 4.79. The predicted octanol–water partition coefficient (Wildman–Crippen LogP) is 4.23. The van der Waals surface area contributed by atoms with E-state index < -0.39 is 28.7 Å². The lowest BCUT2D eigenvalue weighted by atomic mass is 10.2. The van der Waals surface area contributed by atoms with Crippen molar-refractivity contribution in [2.45, 2.75) is 50.5 Å². The Hall–Kier alpha value is -3.56. The molecule has 6 rings (SSSR count). The Balaban J connectivity index is 1.18. The van der Waals surface area contributed by atoms with E-state index in [4.69, 9.17) is 9.47 Å². The first-order chi connectivity index (χ1) is 16.4. The number of nitrogens with zero attached hydrogens (tertiary/aromatic N) is 4. The second-order valence-corrected chi connectivity index (χ2v) is 8.96. The van der Waals surface area contributed by atoms with Crippen LogP contribution in [0.1, 0.15) is 36.9 Å². The molecule has 1 aromatic carbocycles. The SMILES string of the molecule is O=c1nc(OCc2cc(F)c(Oc3ccnc(C4(F)CC4)c3)c(F)c2)cc2n1CC1CCCN21. The van der Waals surface area contributed by atoms with Gasteiger partial charge in [0.05, 0.1) is 5.69 Å². The normalized spacial score (nSPS) is 19.6. The van der Waals surface area contributed by atoms with Crippen molar-refractivity contribution in [1.82, 2.24) is 14.5 Å². The van der Waals surface area contributed by atoms with Crippen LogP contribution in [-0.4, -0.2) is 27.1 Å². The highest BCUT2D eigenvalue weighted by Gasteiger charge is 2.46. The van der Waals surface area contributed by atoms with Gasteiger partial charge in [-0.3, -0.25) is 9.55 Å². The number of hydrogen-bond donors (Lipinski definition) is 0. The average Bonchev–Trinajstić information content (AvgIpc) is 3.24. The first kappa shape index (κ1) is 21.0. The van der Waals surface area contributed by atoms with Crippen LogP contribution in [0, 0.1) is 11.6 Å². The van der Waals surface area contributed by atoms with Gasteiger partial charge < -0.3 is 14.4 Å². The van der Waals surface area contributed by atoms with Crippen molar-refractivity contribution < 1.29 is 22.6 Å². The van der Waals surface area contributed by atoms with E-state index in [1.165, 1.54) is 18.3 Å². The summed E-state index contributed by atoms with van der Waals surface area (Å²) in [6.45, 7) is 1.30. The molecule has 34 heavy (non-hydrogen) atoms. The zero-order chi connectivity index (χ0) is 23.4. The largest absolute Gasteiger partial charge is 0.473 e. The molecule has 4 heterocycles. The van der Waals surface area contributed by atoms with Crippen molar-refractivity contribution >= 4 is 5.82 Å². The van der Waals surface area contributed by atoms with Crippen molar-refractivity contribution in [3.8, 4) is 17.4 Å². The average molecular weight is 470 g/mol. The first-order valence-corrected chi connectivity index (χ1v) is 11.2. The monoisotopic (exact) mass is 470 g/mol. The molecule has 3 aliphatic rings. The Morgan fingerprint density at radius 1 is 1.15 bits per heavy atom. The van der Waals surface area contributed by atoms with E-state index in [2.05, 4.69) is 14.9 Å². The zero-order valence-electron chi connectivity index (χ0n) is 18.1. The third-order valence-corrected chi connectivity index (χ3v) is 6.57. The predicted molar refractivity (Wildman–Crippen MR) is 116 cm³/mol. The summed E-state index contributed by atoms with van der Waals surface area (Å²) in [5.41, 5.74) is -1.49. The van der Waals surface area contributed by atoms with Gasteiger partial charge in [-0.25, -0.2) is 18.0 Å². The number of halogens is 3. The van der Waals surface area contributed by atoms with Crippen LogP contribution >= 0.6 is 0 Å². The van der Waals surface area contributed by atoms with E-state index >= 15 is 0 Å². The van der Waals surface area contributed by atoms with Gasteiger partial charge in [0.1, 0.15) is 18.2 Å². The van der Waals surface area contributed by atoms with Crippen LogP contribution in [0.15, 0.2) is 41.3 Å². The number of ether oxygens (including phenoxy) is 2. The maximum atomic E-state index is 14.7. The molecule has 0 amide bonds. The van der Waals surface area contributed by atoms with E-state index in [1.54, 1.807) is 10.6 Å². The van der Waals surface area contributed by atoms with E-state index in [9.17, 15) is 18.0 Å². The van der Waals surface area contributed by atoms with Gasteiger partial charge in [-0.2, -0.15) is 4.98 Å². The van der Waals surface area contributed by atoms with Gasteiger partial charge in [-0.1, -0.05) is 0 Å². The van der Waals surface area contributed by atoms with Crippen LogP contribution in [0.2, 0.25) is 0 Å². The summed E-state index contributed by atoms with van der Waals surface area (Å²) in [4.78, 5) is 22.5. The smallest absolute Gasteiger partial charge is 0.352 e. The number of anilines is 1.